The number of rotatable bonds is 13. The van der Waals surface area contributed by atoms with Crippen molar-refractivity contribution in [3.05, 3.63) is 0 Å². The molecule has 5 saturated carbocycles. The van der Waals surface area contributed by atoms with Gasteiger partial charge in [-0.2, -0.15) is 0 Å². The maximum absolute atomic E-state index is 13.4. The van der Waals surface area contributed by atoms with Crippen LogP contribution in [0.3, 0.4) is 0 Å². The van der Waals surface area contributed by atoms with Gasteiger partial charge in [-0.1, -0.05) is 55.4 Å². The van der Waals surface area contributed by atoms with Gasteiger partial charge in [0.1, 0.15) is 91.6 Å². The number of hydrogen-bond acceptors (Lipinski definition) is 25. The van der Waals surface area contributed by atoms with Crippen molar-refractivity contribution in [2.45, 2.75) is 299 Å². The van der Waals surface area contributed by atoms with Gasteiger partial charge in [-0.3, -0.25) is 0 Å². The van der Waals surface area contributed by atoms with E-state index < -0.39 is 190 Å². The molecule has 11 rings (SSSR count). The fourth-order valence-corrected chi connectivity index (χ4v) is 19.5. The quantitative estimate of drug-likeness (QED) is 0.0973. The van der Waals surface area contributed by atoms with Crippen LogP contribution in [-0.4, -0.2) is 263 Å². The van der Waals surface area contributed by atoms with Gasteiger partial charge in [-0.15, -0.1) is 0 Å². The van der Waals surface area contributed by atoms with Crippen molar-refractivity contribution in [3.63, 3.8) is 0 Å². The van der Waals surface area contributed by atoms with Crippen LogP contribution < -0.4 is 0 Å². The van der Waals surface area contributed by atoms with Crippen LogP contribution in [0.2, 0.25) is 0 Å². The van der Waals surface area contributed by atoms with E-state index in [1.807, 2.05) is 0 Å². The molecule has 35 unspecified atom stereocenters. The molecule has 11 fully saturated rings. The monoisotopic (exact) mass is 1250 g/mol. The summed E-state index contributed by atoms with van der Waals surface area (Å²) in [5.74, 6) is -1.97. The Bertz CT molecular complexity index is 2440. The summed E-state index contributed by atoms with van der Waals surface area (Å²) in [6, 6.07) is 0. The first-order chi connectivity index (χ1) is 40.7. The molecule has 87 heavy (non-hydrogen) atoms. The van der Waals surface area contributed by atoms with Gasteiger partial charge in [-0.05, 0) is 117 Å². The van der Waals surface area contributed by atoms with Gasteiger partial charge in [0.2, 0.25) is 0 Å². The van der Waals surface area contributed by atoms with E-state index in [0.29, 0.717) is 25.9 Å². The number of aliphatic carboxylic acids is 1. The van der Waals surface area contributed by atoms with Crippen LogP contribution in [0.4, 0.5) is 0 Å². The molecular weight excluding hydrogens is 1150 g/mol. The van der Waals surface area contributed by atoms with Crippen molar-refractivity contribution in [2.24, 2.45) is 56.2 Å². The number of carboxylic acids is 1. The van der Waals surface area contributed by atoms with Gasteiger partial charge in [0, 0.05) is 16.7 Å². The zero-order chi connectivity index (χ0) is 63.4. The number of aliphatic hydroxyl groups is 13. The average molecular weight is 1250 g/mol. The van der Waals surface area contributed by atoms with Crippen LogP contribution in [-0.2, 0) is 56.9 Å². The Hall–Kier alpha value is -1.49. The minimum Gasteiger partial charge on any atom is -0.479 e. The van der Waals surface area contributed by atoms with Crippen LogP contribution in [0.25, 0.3) is 0 Å². The Balaban J connectivity index is 0.911. The van der Waals surface area contributed by atoms with E-state index in [1.54, 1.807) is 13.8 Å². The van der Waals surface area contributed by atoms with Crippen LogP contribution >= 0.6 is 0 Å². The lowest BCUT2D eigenvalue weighted by molar-refractivity contribution is -0.411. The third-order valence-electron chi connectivity index (χ3n) is 25.1. The summed E-state index contributed by atoms with van der Waals surface area (Å²) in [4.78, 5) is 13.4. The molecule has 11 aliphatic rings. The molecule has 0 amide bonds. The summed E-state index contributed by atoms with van der Waals surface area (Å²) in [5, 5.41) is 157. The smallest absolute Gasteiger partial charge is 0.335 e. The average Bonchev–Trinajstić information content (AvgIpc) is 1.62. The van der Waals surface area contributed by atoms with Crippen LogP contribution in [0.15, 0.2) is 0 Å². The highest BCUT2D eigenvalue weighted by Crippen LogP contribution is 2.80. The molecule has 0 aromatic carbocycles. The third-order valence-corrected chi connectivity index (χ3v) is 25.1. The largest absolute Gasteiger partial charge is 0.479 e. The lowest BCUT2D eigenvalue weighted by Gasteiger charge is -2.75. The highest BCUT2D eigenvalue weighted by atomic mass is 16.8. The number of ether oxygens (including phenoxy) is 11. The molecule has 2 bridgehead atoms. The van der Waals surface area contributed by atoms with Crippen LogP contribution in [0, 0.1) is 56.2 Å². The summed E-state index contributed by atoms with van der Waals surface area (Å²) in [7, 11) is 0. The first kappa shape index (κ1) is 66.9. The van der Waals surface area contributed by atoms with E-state index in [-0.39, 0.29) is 50.4 Å². The minimum absolute atomic E-state index is 0.00424. The lowest BCUT2D eigenvalue weighted by atomic mass is 9.30. The number of fused-ring (bicyclic) bond motifs is 4. The van der Waals surface area contributed by atoms with E-state index in [4.69, 9.17) is 52.1 Å². The molecule has 14 N–H and O–H groups in total. The minimum atomic E-state index is -2.27. The fourth-order valence-electron chi connectivity index (χ4n) is 19.5. The SMILES string of the molecule is CC1OC(OC2C(OC3C(O)C(C(=O)O)OC(OC4CCC5(C)C(CCC6(C)C5CCC57OCC8(CCC(C)(C)CC85)C(O)CC67C)C4(C)C)C3OC3OC(CO)C(O)C(O)C3O)OC(CO)C(O)C2O)C(OC2OC(C)C(O)C(O)C2O)C(O)C1C. The normalized spacial score (nSPS) is 57.2. The molecule has 6 heterocycles. The molecule has 26 nitrogen and oxygen atoms in total. The molecule has 0 aromatic rings. The van der Waals surface area contributed by atoms with Crippen LogP contribution in [0.1, 0.15) is 133 Å². The maximum atomic E-state index is 13.4. The maximum Gasteiger partial charge on any atom is 0.335 e. The summed E-state index contributed by atoms with van der Waals surface area (Å²) < 4.78 is 69.9. The van der Waals surface area contributed by atoms with Crippen LogP contribution in [0.5, 0.6) is 0 Å². The van der Waals surface area contributed by atoms with E-state index in [9.17, 15) is 76.3 Å². The zero-order valence-electron chi connectivity index (χ0n) is 51.7. The number of carboxylic acid groups (broad SMARTS) is 1. The third kappa shape index (κ3) is 10.5. The predicted octanol–water partition coefficient (Wildman–Crippen LogP) is -1.10. The van der Waals surface area contributed by atoms with Gasteiger partial charge in [0.15, 0.2) is 37.6 Å². The highest BCUT2D eigenvalue weighted by Gasteiger charge is 2.80. The fraction of sp³-hybridized carbons (Fsp3) is 0.984. The van der Waals surface area contributed by atoms with E-state index in [0.717, 1.165) is 44.9 Å². The number of aliphatic hydroxyl groups excluding tert-OH is 13. The molecule has 5 aliphatic carbocycles. The Kier molecular flexibility index (Phi) is 18.3. The molecule has 6 aliphatic heterocycles. The van der Waals surface area contributed by atoms with E-state index in [2.05, 4.69) is 48.5 Å². The van der Waals surface area contributed by atoms with Crippen molar-refractivity contribution >= 4 is 5.97 Å². The summed E-state index contributed by atoms with van der Waals surface area (Å²) in [6.45, 7) is 19.5. The second-order valence-corrected chi connectivity index (χ2v) is 30.3. The van der Waals surface area contributed by atoms with Gasteiger partial charge in [-0.25, -0.2) is 4.79 Å². The molecule has 0 aromatic heterocycles. The van der Waals surface area contributed by atoms with Gasteiger partial charge >= 0.3 is 5.97 Å². The van der Waals surface area contributed by atoms with Crippen molar-refractivity contribution in [2.75, 3.05) is 19.8 Å². The topological polar surface area (TPSA) is 402 Å². The molecule has 26 heteroatoms. The summed E-state index contributed by atoms with van der Waals surface area (Å²) in [6.07, 6.45) is -36.1. The summed E-state index contributed by atoms with van der Waals surface area (Å²) in [5.41, 5.74) is -2.10. The Morgan fingerprint density at radius 1 is 0.483 bits per heavy atom. The molecular formula is C61H100O26. The number of carbonyl (C=O) groups is 1. The standard InChI is InChI=1S/C61H100O26/c1-24-25(2)78-52(46(34(24)65)85-50-41(72)38(69)35(66)26(3)79-50)86-47-40(71)37(68)28(22-63)81-53(47)83-44-43(74)45(49(75)76)84-54(48(44)87-51-42(73)39(70)36(67)27(21-62)80-51)82-33-13-14-57(8)29(56(33,6)7)11-15-58(9)30(57)12-16-61-31-19-55(4,5)17-18-60(31,23-77-61)32(64)20-59(58,61)10/h24-48,50-54,62-74H,11-23H2,1-10H3,(H,75,76). The Labute approximate surface area is 507 Å². The van der Waals surface area contributed by atoms with E-state index in [1.165, 1.54) is 6.92 Å². The Morgan fingerprint density at radius 3 is 1.68 bits per heavy atom. The molecule has 500 valence electrons. The highest BCUT2D eigenvalue weighted by molar-refractivity contribution is 5.73. The molecule has 35 atom stereocenters. The molecule has 6 saturated heterocycles. The first-order valence-electron chi connectivity index (χ1n) is 31.8. The van der Waals surface area contributed by atoms with Crippen molar-refractivity contribution in [1.82, 2.24) is 0 Å². The van der Waals surface area contributed by atoms with Crippen molar-refractivity contribution in [3.8, 4) is 0 Å². The lowest BCUT2D eigenvalue weighted by Crippen LogP contribution is -2.74. The Morgan fingerprint density at radius 2 is 1.02 bits per heavy atom. The second-order valence-electron chi connectivity index (χ2n) is 30.3. The zero-order valence-corrected chi connectivity index (χ0v) is 51.7. The predicted molar refractivity (Wildman–Crippen MR) is 296 cm³/mol. The molecule has 0 radical (unpaired) electrons. The van der Waals surface area contributed by atoms with Crippen molar-refractivity contribution in [1.29, 1.82) is 0 Å². The van der Waals surface area contributed by atoms with Gasteiger partial charge in [0.25, 0.3) is 0 Å². The van der Waals surface area contributed by atoms with Gasteiger partial charge in [0.05, 0.1) is 55.9 Å². The summed E-state index contributed by atoms with van der Waals surface area (Å²) >= 11 is 0. The molecule has 1 spiro atoms. The van der Waals surface area contributed by atoms with E-state index >= 15 is 0 Å². The van der Waals surface area contributed by atoms with Gasteiger partial charge < -0.3 is 124 Å². The number of hydrogen-bond donors (Lipinski definition) is 14. The second kappa shape index (κ2) is 23.8. The van der Waals surface area contributed by atoms with Crippen molar-refractivity contribution < 1.29 is 128 Å². The first-order valence-corrected chi connectivity index (χ1v) is 31.8.